The van der Waals surface area contributed by atoms with Gasteiger partial charge >= 0.3 is 0 Å². The van der Waals surface area contributed by atoms with Gasteiger partial charge < -0.3 is 5.32 Å². The fourth-order valence-electron chi connectivity index (χ4n) is 2.27. The summed E-state index contributed by atoms with van der Waals surface area (Å²) in [5.74, 6) is -0.484. The lowest BCUT2D eigenvalue weighted by molar-refractivity contribution is 0.496. The van der Waals surface area contributed by atoms with Gasteiger partial charge in [0.15, 0.2) is 0 Å². The molecule has 1 unspecified atom stereocenters. The fraction of sp³-hybridized carbons (Fsp3) is 0.294. The summed E-state index contributed by atoms with van der Waals surface area (Å²) >= 11 is 0. The monoisotopic (exact) mass is 275 g/mol. The van der Waals surface area contributed by atoms with Gasteiger partial charge in [0.25, 0.3) is 0 Å². The predicted molar refractivity (Wildman–Crippen MR) is 77.5 cm³/mol. The van der Waals surface area contributed by atoms with E-state index in [2.05, 4.69) is 12.2 Å². The minimum Gasteiger partial charge on any atom is -0.310 e. The molecule has 3 heteroatoms. The number of benzene rings is 2. The topological polar surface area (TPSA) is 12.0 Å². The third kappa shape index (κ3) is 3.87. The van der Waals surface area contributed by atoms with Crippen molar-refractivity contribution in [3.8, 4) is 0 Å². The van der Waals surface area contributed by atoms with Gasteiger partial charge in [-0.2, -0.15) is 0 Å². The van der Waals surface area contributed by atoms with Crippen LogP contribution in [0.3, 0.4) is 0 Å². The third-order valence-corrected chi connectivity index (χ3v) is 3.25. The maximum atomic E-state index is 13.9. The SMILES string of the molecule is CCCNC(Cc1cccc(F)c1)c1ccccc1F. The molecule has 1 nitrogen and oxygen atoms in total. The van der Waals surface area contributed by atoms with Crippen LogP contribution in [-0.2, 0) is 6.42 Å². The van der Waals surface area contributed by atoms with E-state index in [0.717, 1.165) is 18.5 Å². The summed E-state index contributed by atoms with van der Waals surface area (Å²) < 4.78 is 27.2. The summed E-state index contributed by atoms with van der Waals surface area (Å²) in [6.07, 6.45) is 1.53. The Bertz CT molecular complexity index is 554. The first-order chi connectivity index (χ1) is 9.70. The lowest BCUT2D eigenvalue weighted by atomic mass is 9.98. The molecule has 1 N–H and O–H groups in total. The molecule has 0 spiro atoms. The molecule has 0 heterocycles. The molecule has 0 aliphatic heterocycles. The molecule has 2 aromatic rings. The summed E-state index contributed by atoms with van der Waals surface area (Å²) in [6.45, 7) is 2.86. The van der Waals surface area contributed by atoms with Gasteiger partial charge in [0.05, 0.1) is 0 Å². The second-order valence-corrected chi connectivity index (χ2v) is 4.86. The number of hydrogen-bond acceptors (Lipinski definition) is 1. The Morgan fingerprint density at radius 2 is 1.85 bits per heavy atom. The Balaban J connectivity index is 2.22. The van der Waals surface area contributed by atoms with Crippen molar-refractivity contribution in [2.45, 2.75) is 25.8 Å². The highest BCUT2D eigenvalue weighted by Gasteiger charge is 2.15. The summed E-state index contributed by atoms with van der Waals surface area (Å²) in [7, 11) is 0. The van der Waals surface area contributed by atoms with Crippen LogP contribution in [0.4, 0.5) is 8.78 Å². The lowest BCUT2D eigenvalue weighted by Gasteiger charge is -2.20. The molecule has 0 saturated heterocycles. The highest BCUT2D eigenvalue weighted by molar-refractivity contribution is 5.25. The Kier molecular flexibility index (Phi) is 5.24. The van der Waals surface area contributed by atoms with Crippen LogP contribution in [0, 0.1) is 11.6 Å². The van der Waals surface area contributed by atoms with Gasteiger partial charge in [0.2, 0.25) is 0 Å². The molecule has 0 bridgehead atoms. The normalized spacial score (nSPS) is 12.3. The van der Waals surface area contributed by atoms with E-state index >= 15 is 0 Å². The zero-order valence-corrected chi connectivity index (χ0v) is 11.6. The molecule has 0 aromatic heterocycles. The molecule has 0 saturated carbocycles. The Labute approximate surface area is 118 Å². The zero-order chi connectivity index (χ0) is 14.4. The maximum Gasteiger partial charge on any atom is 0.127 e. The van der Waals surface area contributed by atoms with E-state index in [-0.39, 0.29) is 17.7 Å². The van der Waals surface area contributed by atoms with E-state index in [1.54, 1.807) is 18.2 Å². The smallest absolute Gasteiger partial charge is 0.127 e. The maximum absolute atomic E-state index is 13.9. The summed E-state index contributed by atoms with van der Waals surface area (Å²) in [5, 5.41) is 3.33. The molecular formula is C17H19F2N. The Hall–Kier alpha value is -1.74. The van der Waals surface area contributed by atoms with E-state index in [1.807, 2.05) is 12.1 Å². The van der Waals surface area contributed by atoms with Crippen LogP contribution in [0.15, 0.2) is 48.5 Å². The van der Waals surface area contributed by atoms with E-state index in [0.29, 0.717) is 12.0 Å². The van der Waals surface area contributed by atoms with Crippen LogP contribution < -0.4 is 5.32 Å². The van der Waals surface area contributed by atoms with Gasteiger partial charge in [-0.3, -0.25) is 0 Å². The van der Waals surface area contributed by atoms with Crippen molar-refractivity contribution in [2.75, 3.05) is 6.54 Å². The van der Waals surface area contributed by atoms with Crippen LogP contribution in [0.2, 0.25) is 0 Å². The van der Waals surface area contributed by atoms with Crippen molar-refractivity contribution < 1.29 is 8.78 Å². The molecule has 2 rings (SSSR count). The summed E-state index contributed by atoms with van der Waals surface area (Å²) in [4.78, 5) is 0. The minimum absolute atomic E-state index is 0.141. The molecule has 2 aromatic carbocycles. The minimum atomic E-state index is -0.259. The third-order valence-electron chi connectivity index (χ3n) is 3.25. The van der Waals surface area contributed by atoms with Crippen molar-refractivity contribution in [1.29, 1.82) is 0 Å². The lowest BCUT2D eigenvalue weighted by Crippen LogP contribution is -2.25. The molecule has 0 amide bonds. The van der Waals surface area contributed by atoms with Crippen molar-refractivity contribution in [1.82, 2.24) is 5.32 Å². The van der Waals surface area contributed by atoms with Gasteiger partial charge in [-0.1, -0.05) is 37.3 Å². The van der Waals surface area contributed by atoms with Crippen LogP contribution in [0.1, 0.15) is 30.5 Å². The van der Waals surface area contributed by atoms with Crippen LogP contribution in [-0.4, -0.2) is 6.54 Å². The molecular weight excluding hydrogens is 256 g/mol. The van der Waals surface area contributed by atoms with E-state index in [9.17, 15) is 8.78 Å². The van der Waals surface area contributed by atoms with Gasteiger partial charge in [-0.15, -0.1) is 0 Å². The second kappa shape index (κ2) is 7.15. The number of rotatable bonds is 6. The first-order valence-electron chi connectivity index (χ1n) is 6.93. The first kappa shape index (κ1) is 14.7. The highest BCUT2D eigenvalue weighted by Crippen LogP contribution is 2.21. The second-order valence-electron chi connectivity index (χ2n) is 4.86. The summed E-state index contributed by atoms with van der Waals surface area (Å²) in [6, 6.07) is 13.1. The zero-order valence-electron chi connectivity index (χ0n) is 11.6. The first-order valence-corrected chi connectivity index (χ1v) is 6.93. The average molecular weight is 275 g/mol. The summed E-state index contributed by atoms with van der Waals surface area (Å²) in [5.41, 5.74) is 1.49. The molecule has 0 aliphatic rings. The predicted octanol–water partition coefficient (Wildman–Crippen LogP) is 4.25. The largest absolute Gasteiger partial charge is 0.310 e. The van der Waals surface area contributed by atoms with Crippen molar-refractivity contribution in [3.05, 3.63) is 71.3 Å². The van der Waals surface area contributed by atoms with Gasteiger partial charge in [0.1, 0.15) is 11.6 Å². The van der Waals surface area contributed by atoms with Crippen molar-refractivity contribution in [2.24, 2.45) is 0 Å². The Morgan fingerprint density at radius 1 is 1.05 bits per heavy atom. The number of halogens is 2. The highest BCUT2D eigenvalue weighted by atomic mass is 19.1. The van der Waals surface area contributed by atoms with Crippen LogP contribution in [0.5, 0.6) is 0 Å². The van der Waals surface area contributed by atoms with E-state index < -0.39 is 0 Å². The number of hydrogen-bond donors (Lipinski definition) is 1. The molecule has 106 valence electrons. The fourth-order valence-corrected chi connectivity index (χ4v) is 2.27. The van der Waals surface area contributed by atoms with E-state index in [1.165, 1.54) is 18.2 Å². The van der Waals surface area contributed by atoms with Gasteiger partial charge in [0, 0.05) is 11.6 Å². The standard InChI is InChI=1S/C17H19F2N/c1-2-10-20-17(15-8-3-4-9-16(15)19)12-13-6-5-7-14(18)11-13/h3-9,11,17,20H,2,10,12H2,1H3. The quantitative estimate of drug-likeness (QED) is 0.831. The molecule has 0 radical (unpaired) electrons. The average Bonchev–Trinajstić information content (AvgIpc) is 2.44. The van der Waals surface area contributed by atoms with Crippen molar-refractivity contribution in [3.63, 3.8) is 0 Å². The van der Waals surface area contributed by atoms with Gasteiger partial charge in [-0.25, -0.2) is 8.78 Å². The Morgan fingerprint density at radius 3 is 2.55 bits per heavy atom. The van der Waals surface area contributed by atoms with Crippen LogP contribution in [0.25, 0.3) is 0 Å². The van der Waals surface area contributed by atoms with Crippen molar-refractivity contribution >= 4 is 0 Å². The number of nitrogens with one attached hydrogen (secondary N) is 1. The molecule has 0 aliphatic carbocycles. The molecule has 20 heavy (non-hydrogen) atoms. The van der Waals surface area contributed by atoms with E-state index in [4.69, 9.17) is 0 Å². The van der Waals surface area contributed by atoms with Gasteiger partial charge in [-0.05, 0) is 43.1 Å². The molecule has 1 atom stereocenters. The van der Waals surface area contributed by atoms with Crippen LogP contribution >= 0.6 is 0 Å². The molecule has 0 fully saturated rings.